The predicted molar refractivity (Wildman–Crippen MR) is 97.2 cm³/mol. The van der Waals surface area contributed by atoms with Crippen LogP contribution in [0.1, 0.15) is 6.42 Å². The zero-order chi connectivity index (χ0) is 19.1. The Morgan fingerprint density at radius 1 is 1.00 bits per heavy atom. The maximum absolute atomic E-state index is 13.0. The van der Waals surface area contributed by atoms with E-state index in [2.05, 4.69) is 4.90 Å². The second-order valence-electron chi connectivity index (χ2n) is 7.42. The highest BCUT2D eigenvalue weighted by atomic mass is 16.6. The highest BCUT2D eigenvalue weighted by molar-refractivity contribution is 5.87. The SMILES string of the molecule is O=C(O)C1C2C=CC(C2)C1C(=O)N1CCN(c2ccc([N+](=O)[O-])cc2)CC1. The summed E-state index contributed by atoms with van der Waals surface area (Å²) in [6, 6.07) is 6.39. The summed E-state index contributed by atoms with van der Waals surface area (Å²) in [5.74, 6) is -1.99. The largest absolute Gasteiger partial charge is 0.481 e. The Morgan fingerprint density at radius 2 is 1.59 bits per heavy atom. The summed E-state index contributed by atoms with van der Waals surface area (Å²) in [7, 11) is 0. The number of rotatable bonds is 4. The Kier molecular flexibility index (Phi) is 4.33. The van der Waals surface area contributed by atoms with Crippen LogP contribution in [-0.4, -0.2) is 53.0 Å². The van der Waals surface area contributed by atoms with E-state index >= 15 is 0 Å². The number of hydrogen-bond acceptors (Lipinski definition) is 5. The van der Waals surface area contributed by atoms with Crippen molar-refractivity contribution in [3.05, 3.63) is 46.5 Å². The van der Waals surface area contributed by atoms with E-state index in [1.54, 1.807) is 17.0 Å². The molecule has 2 fully saturated rings. The fourth-order valence-corrected chi connectivity index (χ4v) is 4.68. The summed E-state index contributed by atoms with van der Waals surface area (Å²) in [6.07, 6.45) is 4.70. The highest BCUT2D eigenvalue weighted by Crippen LogP contribution is 2.48. The number of piperazine rings is 1. The molecule has 8 heteroatoms. The third-order valence-corrected chi connectivity index (χ3v) is 6.05. The van der Waals surface area contributed by atoms with Gasteiger partial charge in [0, 0.05) is 44.0 Å². The first-order chi connectivity index (χ1) is 13.0. The molecule has 1 N–H and O–H groups in total. The van der Waals surface area contributed by atoms with Crippen molar-refractivity contribution in [3.8, 4) is 0 Å². The molecule has 1 heterocycles. The topological polar surface area (TPSA) is 104 Å². The molecule has 4 rings (SSSR count). The van der Waals surface area contributed by atoms with Crippen molar-refractivity contribution in [3.63, 3.8) is 0 Å². The van der Waals surface area contributed by atoms with Gasteiger partial charge in [-0.15, -0.1) is 0 Å². The van der Waals surface area contributed by atoms with E-state index in [-0.39, 0.29) is 23.4 Å². The number of amides is 1. The number of carboxylic acid groups (broad SMARTS) is 1. The van der Waals surface area contributed by atoms with Gasteiger partial charge in [-0.3, -0.25) is 19.7 Å². The van der Waals surface area contributed by atoms with Crippen molar-refractivity contribution in [1.29, 1.82) is 0 Å². The number of hydrogen-bond donors (Lipinski definition) is 1. The summed E-state index contributed by atoms with van der Waals surface area (Å²) in [5, 5.41) is 20.3. The average molecular weight is 371 g/mol. The van der Waals surface area contributed by atoms with Crippen LogP contribution in [0.25, 0.3) is 0 Å². The third kappa shape index (κ3) is 3.05. The van der Waals surface area contributed by atoms with Gasteiger partial charge in [0.05, 0.1) is 16.8 Å². The van der Waals surface area contributed by atoms with Gasteiger partial charge in [-0.1, -0.05) is 12.2 Å². The molecule has 142 valence electrons. The number of non-ortho nitro benzene ring substituents is 1. The van der Waals surface area contributed by atoms with E-state index in [4.69, 9.17) is 0 Å². The van der Waals surface area contributed by atoms with Crippen molar-refractivity contribution in [2.24, 2.45) is 23.7 Å². The molecule has 1 aliphatic heterocycles. The molecule has 0 spiro atoms. The Morgan fingerprint density at radius 3 is 2.15 bits per heavy atom. The van der Waals surface area contributed by atoms with Crippen LogP contribution in [0.4, 0.5) is 11.4 Å². The smallest absolute Gasteiger partial charge is 0.307 e. The van der Waals surface area contributed by atoms with Crippen LogP contribution in [0.5, 0.6) is 0 Å². The van der Waals surface area contributed by atoms with Crippen molar-refractivity contribution in [1.82, 2.24) is 4.90 Å². The molecule has 4 unspecified atom stereocenters. The first-order valence-electron chi connectivity index (χ1n) is 9.15. The third-order valence-electron chi connectivity index (χ3n) is 6.05. The minimum absolute atomic E-state index is 0.0251. The number of allylic oxidation sites excluding steroid dienone is 2. The molecule has 3 aliphatic rings. The fraction of sp³-hybridized carbons (Fsp3) is 0.474. The molecule has 27 heavy (non-hydrogen) atoms. The van der Waals surface area contributed by atoms with Crippen molar-refractivity contribution < 1.29 is 19.6 Å². The van der Waals surface area contributed by atoms with E-state index in [1.807, 2.05) is 12.2 Å². The number of nitro groups is 1. The average Bonchev–Trinajstić information content (AvgIpc) is 3.29. The molecule has 1 amide bonds. The molecule has 0 radical (unpaired) electrons. The van der Waals surface area contributed by atoms with Crippen molar-refractivity contribution in [2.45, 2.75) is 6.42 Å². The number of anilines is 1. The molecule has 0 aromatic heterocycles. The molecule has 2 aliphatic carbocycles. The predicted octanol–water partition coefficient (Wildman–Crippen LogP) is 1.77. The van der Waals surface area contributed by atoms with Crippen LogP contribution >= 0.6 is 0 Å². The van der Waals surface area contributed by atoms with E-state index in [0.29, 0.717) is 26.2 Å². The van der Waals surface area contributed by atoms with Crippen LogP contribution in [0.2, 0.25) is 0 Å². The lowest BCUT2D eigenvalue weighted by atomic mass is 9.82. The highest BCUT2D eigenvalue weighted by Gasteiger charge is 2.52. The molecule has 1 aromatic rings. The number of fused-ring (bicyclic) bond motifs is 2. The number of nitrogens with zero attached hydrogens (tertiary/aromatic N) is 3. The van der Waals surface area contributed by atoms with E-state index in [9.17, 15) is 24.8 Å². The van der Waals surface area contributed by atoms with E-state index in [1.165, 1.54) is 12.1 Å². The minimum Gasteiger partial charge on any atom is -0.481 e. The second kappa shape index (κ2) is 6.68. The number of benzene rings is 1. The molecular formula is C19H21N3O5. The van der Waals surface area contributed by atoms with Gasteiger partial charge >= 0.3 is 5.97 Å². The number of carboxylic acids is 1. The quantitative estimate of drug-likeness (QED) is 0.491. The number of aliphatic carboxylic acids is 1. The first kappa shape index (κ1) is 17.5. The maximum atomic E-state index is 13.0. The van der Waals surface area contributed by atoms with Gasteiger partial charge in [0.2, 0.25) is 5.91 Å². The second-order valence-corrected chi connectivity index (χ2v) is 7.42. The molecule has 2 bridgehead atoms. The van der Waals surface area contributed by atoms with Crippen LogP contribution in [0, 0.1) is 33.8 Å². The molecule has 1 saturated carbocycles. The van der Waals surface area contributed by atoms with Gasteiger partial charge in [0.1, 0.15) is 0 Å². The first-order valence-corrected chi connectivity index (χ1v) is 9.15. The monoisotopic (exact) mass is 371 g/mol. The molecule has 8 nitrogen and oxygen atoms in total. The number of carbonyl (C=O) groups excluding carboxylic acids is 1. The Balaban J connectivity index is 1.40. The van der Waals surface area contributed by atoms with Crippen molar-refractivity contribution in [2.75, 3.05) is 31.1 Å². The Hall–Kier alpha value is -2.90. The number of carbonyl (C=O) groups is 2. The van der Waals surface area contributed by atoms with Crippen LogP contribution in [0.3, 0.4) is 0 Å². The van der Waals surface area contributed by atoms with Gasteiger partial charge in [-0.05, 0) is 30.4 Å². The van der Waals surface area contributed by atoms with Gasteiger partial charge in [-0.2, -0.15) is 0 Å². The van der Waals surface area contributed by atoms with Crippen LogP contribution in [-0.2, 0) is 9.59 Å². The lowest BCUT2D eigenvalue weighted by molar-refractivity contribution is -0.384. The fourth-order valence-electron chi connectivity index (χ4n) is 4.68. The molecule has 1 saturated heterocycles. The standard InChI is InChI=1S/C19H21N3O5/c23-18(16-12-1-2-13(11-12)17(16)19(24)25)21-9-7-20(8-10-21)14-3-5-15(6-4-14)22(26)27/h1-6,12-13,16-17H,7-11H2,(H,24,25). The van der Waals surface area contributed by atoms with Gasteiger partial charge in [-0.25, -0.2) is 0 Å². The summed E-state index contributed by atoms with van der Waals surface area (Å²) in [5.41, 5.74) is 0.940. The summed E-state index contributed by atoms with van der Waals surface area (Å²) >= 11 is 0. The Labute approximate surface area is 156 Å². The van der Waals surface area contributed by atoms with Gasteiger partial charge < -0.3 is 14.9 Å². The summed E-state index contributed by atoms with van der Waals surface area (Å²) < 4.78 is 0. The molecular weight excluding hydrogens is 350 g/mol. The number of nitro benzene ring substituents is 1. The van der Waals surface area contributed by atoms with E-state index in [0.717, 1.165) is 12.1 Å². The zero-order valence-electron chi connectivity index (χ0n) is 14.7. The summed E-state index contributed by atoms with van der Waals surface area (Å²) in [4.78, 5) is 38.8. The molecule has 4 atom stereocenters. The lowest BCUT2D eigenvalue weighted by Crippen LogP contribution is -2.52. The van der Waals surface area contributed by atoms with Crippen LogP contribution in [0.15, 0.2) is 36.4 Å². The minimum atomic E-state index is -0.880. The zero-order valence-corrected chi connectivity index (χ0v) is 14.7. The van der Waals surface area contributed by atoms with Crippen LogP contribution < -0.4 is 4.90 Å². The van der Waals surface area contributed by atoms with Gasteiger partial charge in [0.15, 0.2) is 0 Å². The Bertz CT molecular complexity index is 798. The normalized spacial score (nSPS) is 29.2. The summed E-state index contributed by atoms with van der Waals surface area (Å²) in [6.45, 7) is 2.30. The maximum Gasteiger partial charge on any atom is 0.307 e. The van der Waals surface area contributed by atoms with Crippen molar-refractivity contribution >= 4 is 23.3 Å². The molecule has 1 aromatic carbocycles. The van der Waals surface area contributed by atoms with E-state index < -0.39 is 22.7 Å². The lowest BCUT2D eigenvalue weighted by Gasteiger charge is -2.38. The van der Waals surface area contributed by atoms with Gasteiger partial charge in [0.25, 0.3) is 5.69 Å².